The zero-order valence-corrected chi connectivity index (χ0v) is 8.57. The van der Waals surface area contributed by atoms with Crippen molar-refractivity contribution in [3.63, 3.8) is 0 Å². The number of benzene rings is 1. The topological polar surface area (TPSA) is 50.7 Å². The van der Waals surface area contributed by atoms with E-state index in [1.54, 1.807) is 0 Å². The number of nitrogens with zero attached hydrogens (tertiary/aromatic N) is 3. The van der Waals surface area contributed by atoms with Crippen molar-refractivity contribution >= 4 is 17.0 Å². The summed E-state index contributed by atoms with van der Waals surface area (Å²) in [5, 5.41) is 11.5. The van der Waals surface area contributed by atoms with Crippen molar-refractivity contribution < 1.29 is 0 Å². The van der Waals surface area contributed by atoms with Gasteiger partial charge in [0.15, 0.2) is 0 Å². The van der Waals surface area contributed by atoms with Gasteiger partial charge in [0.2, 0.25) is 5.95 Å². The van der Waals surface area contributed by atoms with E-state index in [9.17, 15) is 0 Å². The first-order valence-corrected chi connectivity index (χ1v) is 5.13. The highest BCUT2D eigenvalue weighted by Gasteiger charge is 2.37. The maximum Gasteiger partial charge on any atom is 0.243 e. The molecule has 3 rings (SSSR count). The third-order valence-electron chi connectivity index (χ3n) is 2.77. The minimum absolute atomic E-state index is 0.199. The van der Waals surface area contributed by atoms with Gasteiger partial charge in [0.25, 0.3) is 0 Å². The number of hydrogen-bond donors (Lipinski definition) is 1. The molecule has 0 atom stereocenters. The zero-order chi connectivity index (χ0) is 10.3. The fraction of sp³-hybridized carbons (Fsp3) is 0.364. The Morgan fingerprint density at radius 3 is 2.60 bits per heavy atom. The number of hydrogen-bond acceptors (Lipinski definition) is 4. The van der Waals surface area contributed by atoms with Crippen LogP contribution in [0.4, 0.5) is 5.95 Å². The van der Waals surface area contributed by atoms with Crippen molar-refractivity contribution in [3.05, 3.63) is 24.3 Å². The number of fused-ring (bicyclic) bond motifs is 1. The van der Waals surface area contributed by atoms with Crippen LogP contribution in [0.3, 0.4) is 0 Å². The fourth-order valence-electron chi connectivity index (χ4n) is 1.52. The maximum atomic E-state index is 4.42. The second kappa shape index (κ2) is 2.89. The van der Waals surface area contributed by atoms with E-state index in [0.717, 1.165) is 11.0 Å². The predicted molar refractivity (Wildman–Crippen MR) is 58.6 cm³/mol. The Morgan fingerprint density at radius 2 is 1.87 bits per heavy atom. The van der Waals surface area contributed by atoms with Crippen molar-refractivity contribution in [2.24, 2.45) is 0 Å². The molecule has 1 N–H and O–H groups in total. The summed E-state index contributed by atoms with van der Waals surface area (Å²) >= 11 is 0. The van der Waals surface area contributed by atoms with E-state index in [1.807, 2.05) is 24.3 Å². The van der Waals surface area contributed by atoms with E-state index >= 15 is 0 Å². The second-order valence-corrected chi connectivity index (χ2v) is 4.31. The van der Waals surface area contributed by atoms with Gasteiger partial charge in [-0.2, -0.15) is 0 Å². The first-order chi connectivity index (χ1) is 7.25. The molecule has 1 aromatic heterocycles. The molecule has 1 heterocycles. The third kappa shape index (κ3) is 1.63. The summed E-state index contributed by atoms with van der Waals surface area (Å²) in [6.45, 7) is 2.17. The molecule has 1 aliphatic carbocycles. The Balaban J connectivity index is 1.99. The molecule has 1 fully saturated rings. The van der Waals surface area contributed by atoms with Gasteiger partial charge in [0, 0.05) is 5.54 Å². The standard InChI is InChI=1S/C11H12N4/c1-11(6-7-11)13-10-12-8-4-2-3-5-9(8)14-15-10/h2-5H,6-7H2,1H3,(H,12,13,15). The molecule has 0 amide bonds. The van der Waals surface area contributed by atoms with E-state index < -0.39 is 0 Å². The SMILES string of the molecule is CC1(Nc2nnc3ccccc3n2)CC1. The lowest BCUT2D eigenvalue weighted by Crippen LogP contribution is -2.18. The third-order valence-corrected chi connectivity index (χ3v) is 2.77. The smallest absolute Gasteiger partial charge is 0.243 e. The Kier molecular flexibility index (Phi) is 1.65. The van der Waals surface area contributed by atoms with Gasteiger partial charge in [-0.3, -0.25) is 0 Å². The quantitative estimate of drug-likeness (QED) is 0.805. The highest BCUT2D eigenvalue weighted by Crippen LogP contribution is 2.37. The summed E-state index contributed by atoms with van der Waals surface area (Å²) in [5.41, 5.74) is 1.92. The monoisotopic (exact) mass is 200 g/mol. The highest BCUT2D eigenvalue weighted by molar-refractivity contribution is 5.74. The second-order valence-electron chi connectivity index (χ2n) is 4.31. The van der Waals surface area contributed by atoms with E-state index in [1.165, 1.54) is 12.8 Å². The molecular weight excluding hydrogens is 188 g/mol. The molecule has 4 heteroatoms. The summed E-state index contributed by atoms with van der Waals surface area (Å²) < 4.78 is 0. The molecule has 4 nitrogen and oxygen atoms in total. The molecule has 0 saturated heterocycles. The molecule has 1 aromatic carbocycles. The normalized spacial score (nSPS) is 17.7. The van der Waals surface area contributed by atoms with Crippen molar-refractivity contribution in [1.29, 1.82) is 0 Å². The van der Waals surface area contributed by atoms with E-state index in [-0.39, 0.29) is 5.54 Å². The van der Waals surface area contributed by atoms with Gasteiger partial charge in [-0.25, -0.2) is 4.98 Å². The lowest BCUT2D eigenvalue weighted by atomic mass is 10.3. The Morgan fingerprint density at radius 1 is 1.13 bits per heavy atom. The number of nitrogens with one attached hydrogen (secondary N) is 1. The lowest BCUT2D eigenvalue weighted by Gasteiger charge is -2.10. The Bertz CT molecular complexity index is 505. The zero-order valence-electron chi connectivity index (χ0n) is 8.57. The van der Waals surface area contributed by atoms with Crippen LogP contribution in [0.1, 0.15) is 19.8 Å². The molecule has 76 valence electrons. The average Bonchev–Trinajstić information content (AvgIpc) is 2.96. The van der Waals surface area contributed by atoms with Crippen LogP contribution < -0.4 is 5.32 Å². The summed E-state index contributed by atoms with van der Waals surface area (Å²) in [6, 6.07) is 7.76. The van der Waals surface area contributed by atoms with E-state index in [2.05, 4.69) is 27.4 Å². The molecule has 15 heavy (non-hydrogen) atoms. The van der Waals surface area contributed by atoms with Crippen LogP contribution in [-0.2, 0) is 0 Å². The molecular formula is C11H12N4. The first-order valence-electron chi connectivity index (χ1n) is 5.13. The van der Waals surface area contributed by atoms with Crippen LogP contribution in [0.2, 0.25) is 0 Å². The summed E-state index contributed by atoms with van der Waals surface area (Å²) in [6.07, 6.45) is 2.37. The Hall–Kier alpha value is -1.71. The molecule has 2 aromatic rings. The highest BCUT2D eigenvalue weighted by atomic mass is 15.3. The van der Waals surface area contributed by atoms with Gasteiger partial charge < -0.3 is 5.32 Å². The van der Waals surface area contributed by atoms with Gasteiger partial charge in [0.1, 0.15) is 5.52 Å². The minimum Gasteiger partial charge on any atom is -0.348 e. The van der Waals surface area contributed by atoms with Crippen LogP contribution in [0.15, 0.2) is 24.3 Å². The van der Waals surface area contributed by atoms with Crippen LogP contribution in [0.5, 0.6) is 0 Å². The molecule has 0 radical (unpaired) electrons. The van der Waals surface area contributed by atoms with Crippen LogP contribution in [-0.4, -0.2) is 20.7 Å². The summed E-state index contributed by atoms with van der Waals surface area (Å²) in [5.74, 6) is 0.633. The molecule has 0 aliphatic heterocycles. The number of anilines is 1. The molecule has 1 aliphatic rings. The predicted octanol–water partition coefficient (Wildman–Crippen LogP) is 1.99. The van der Waals surface area contributed by atoms with Crippen molar-refractivity contribution in [1.82, 2.24) is 15.2 Å². The van der Waals surface area contributed by atoms with Crippen molar-refractivity contribution in [2.75, 3.05) is 5.32 Å². The summed E-state index contributed by atoms with van der Waals surface area (Å²) in [7, 11) is 0. The number of rotatable bonds is 2. The van der Waals surface area contributed by atoms with Crippen LogP contribution in [0.25, 0.3) is 11.0 Å². The summed E-state index contributed by atoms with van der Waals surface area (Å²) in [4.78, 5) is 4.42. The van der Waals surface area contributed by atoms with Crippen molar-refractivity contribution in [2.45, 2.75) is 25.3 Å². The molecule has 0 unspecified atom stereocenters. The van der Waals surface area contributed by atoms with Gasteiger partial charge in [-0.15, -0.1) is 10.2 Å². The van der Waals surface area contributed by atoms with Gasteiger partial charge >= 0.3 is 0 Å². The number of para-hydroxylation sites is 1. The van der Waals surface area contributed by atoms with Crippen LogP contribution >= 0.6 is 0 Å². The Labute approximate surface area is 87.7 Å². The average molecular weight is 200 g/mol. The first kappa shape index (κ1) is 8.59. The van der Waals surface area contributed by atoms with E-state index in [0.29, 0.717) is 5.95 Å². The molecule has 1 saturated carbocycles. The van der Waals surface area contributed by atoms with Crippen LogP contribution in [0, 0.1) is 0 Å². The molecule has 0 bridgehead atoms. The lowest BCUT2D eigenvalue weighted by molar-refractivity contribution is 0.802. The maximum absolute atomic E-state index is 4.42. The largest absolute Gasteiger partial charge is 0.348 e. The van der Waals surface area contributed by atoms with Gasteiger partial charge in [-0.1, -0.05) is 12.1 Å². The fourth-order valence-corrected chi connectivity index (χ4v) is 1.52. The van der Waals surface area contributed by atoms with Gasteiger partial charge in [0.05, 0.1) is 5.52 Å². The van der Waals surface area contributed by atoms with E-state index in [4.69, 9.17) is 0 Å². The van der Waals surface area contributed by atoms with Gasteiger partial charge in [-0.05, 0) is 31.9 Å². The molecule has 0 spiro atoms. The van der Waals surface area contributed by atoms with Crippen molar-refractivity contribution in [3.8, 4) is 0 Å². The number of aromatic nitrogens is 3. The minimum atomic E-state index is 0.199.